The fourth-order valence-corrected chi connectivity index (χ4v) is 6.79. The van der Waals surface area contributed by atoms with Gasteiger partial charge in [0.1, 0.15) is 34.1 Å². The van der Waals surface area contributed by atoms with Gasteiger partial charge in [0.2, 0.25) is 22.8 Å². The van der Waals surface area contributed by atoms with Crippen LogP contribution in [0, 0.1) is 46.5 Å². The zero-order chi connectivity index (χ0) is 50.1. The Balaban J connectivity index is 1.36. The third-order valence-corrected chi connectivity index (χ3v) is 10.8. The number of hydrogen-bond acceptors (Lipinski definition) is 5. The Morgan fingerprint density at radius 2 is 0.940 bits per heavy atom. The van der Waals surface area contributed by atoms with Crippen molar-refractivity contribution >= 4 is 11.6 Å². The third-order valence-electron chi connectivity index (χ3n) is 10.8. The lowest BCUT2D eigenvalue weighted by Crippen LogP contribution is -2.54. The number of methoxy groups -OCH3 is 1. The van der Waals surface area contributed by atoms with Crippen LogP contribution in [0.1, 0.15) is 77.1 Å². The molecule has 0 bridgehead atoms. The van der Waals surface area contributed by atoms with Crippen molar-refractivity contribution in [3.8, 4) is 23.0 Å². The first-order valence-corrected chi connectivity index (χ1v) is 19.4. The fraction of sp³-hybridized carbons (Fsp3) is 0.208. The number of carbonyl (C=O) groups is 2. The number of carbonyl (C=O) groups excluding carboxylic acids is 2. The second-order valence-electron chi connectivity index (χ2n) is 15.1. The number of benzene rings is 5. The zero-order valence-corrected chi connectivity index (χ0v) is 35.4. The van der Waals surface area contributed by atoms with E-state index in [0.29, 0.717) is 18.2 Å². The van der Waals surface area contributed by atoms with E-state index in [-0.39, 0.29) is 35.8 Å². The topological polar surface area (TPSA) is 61.8 Å². The lowest BCUT2D eigenvalue weighted by Gasteiger charge is -2.38. The van der Waals surface area contributed by atoms with Crippen molar-refractivity contribution in [1.82, 2.24) is 0 Å². The summed E-state index contributed by atoms with van der Waals surface area (Å²) in [6.07, 6.45) is -9.57. The summed E-state index contributed by atoms with van der Waals surface area (Å²) in [6.45, 7) is 8.67. The molecule has 0 aliphatic heterocycles. The molecule has 0 atom stereocenters. The van der Waals surface area contributed by atoms with Gasteiger partial charge in [0.15, 0.2) is 46.5 Å². The van der Waals surface area contributed by atoms with Crippen molar-refractivity contribution in [2.75, 3.05) is 7.11 Å². The Hall–Kier alpha value is -6.92. The largest absolute Gasteiger partial charge is 0.497 e. The van der Waals surface area contributed by atoms with Gasteiger partial charge in [-0.2, -0.15) is 35.1 Å². The molecule has 0 fully saturated rings. The Kier molecular flexibility index (Phi) is 14.6. The van der Waals surface area contributed by atoms with Crippen molar-refractivity contribution < 1.29 is 85.3 Å². The highest BCUT2D eigenvalue weighted by atomic mass is 19.4. The number of allylic oxidation sites excluding steroid dienone is 4. The molecule has 5 aromatic rings. The van der Waals surface area contributed by atoms with E-state index in [1.807, 2.05) is 0 Å². The summed E-state index contributed by atoms with van der Waals surface area (Å²) in [7, 11) is 1.11. The molecule has 0 spiro atoms. The number of alkyl halides is 6. The van der Waals surface area contributed by atoms with E-state index in [1.165, 1.54) is 26.8 Å². The number of rotatable bonds is 15. The van der Waals surface area contributed by atoms with Crippen molar-refractivity contribution in [3.05, 3.63) is 189 Å². The first kappa shape index (κ1) is 51.1. The lowest BCUT2D eigenvalue weighted by molar-refractivity contribution is -0.288. The lowest BCUT2D eigenvalue weighted by atomic mass is 9.72. The molecule has 0 amide bonds. The smallest absolute Gasteiger partial charge is 0.411 e. The van der Waals surface area contributed by atoms with E-state index in [0.717, 1.165) is 61.7 Å². The standard InChI is InChI=1S/C48H34F14O5/c1-7-27(65-6)16-9-23(3)46(47(57,58)59,48(60,61)62)26-14-21-30(22-15-26)67-44-40(55)36(51)32(37(52)41(44)56)43(64)25-12-19-29(20-13-25)66-28-17-10-24(11-18-28)42(63)31-34(49)38(53)33(39(54)35(31)50)45(4,5)8-2/h7,9-22H,3,8H2,1-2,4-6H3/b16-9-,27-7+. The van der Waals surface area contributed by atoms with E-state index in [4.69, 9.17) is 14.2 Å². The highest BCUT2D eigenvalue weighted by molar-refractivity contribution is 6.10. The van der Waals surface area contributed by atoms with Crippen LogP contribution in [0.4, 0.5) is 61.5 Å². The second-order valence-corrected chi connectivity index (χ2v) is 15.1. The monoisotopic (exact) mass is 956 g/mol. The summed E-state index contributed by atoms with van der Waals surface area (Å²) >= 11 is 0. The van der Waals surface area contributed by atoms with Crippen LogP contribution in [0.25, 0.3) is 0 Å². The molecule has 0 saturated heterocycles. The maximum atomic E-state index is 15.3. The first-order chi connectivity index (χ1) is 31.2. The fourth-order valence-electron chi connectivity index (χ4n) is 6.79. The van der Waals surface area contributed by atoms with Crippen LogP contribution < -0.4 is 9.47 Å². The summed E-state index contributed by atoms with van der Waals surface area (Å²) in [6, 6.07) is 9.54. The van der Waals surface area contributed by atoms with Crippen molar-refractivity contribution in [3.63, 3.8) is 0 Å². The van der Waals surface area contributed by atoms with Gasteiger partial charge < -0.3 is 14.2 Å². The summed E-state index contributed by atoms with van der Waals surface area (Å²) < 4.78 is 223. The van der Waals surface area contributed by atoms with E-state index < -0.39 is 132 Å². The van der Waals surface area contributed by atoms with Gasteiger partial charge in [-0.1, -0.05) is 45.6 Å². The highest BCUT2D eigenvalue weighted by Crippen LogP contribution is 2.56. The molecule has 354 valence electrons. The zero-order valence-electron chi connectivity index (χ0n) is 35.4. The van der Waals surface area contributed by atoms with Crippen molar-refractivity contribution in [1.29, 1.82) is 0 Å². The van der Waals surface area contributed by atoms with Crippen LogP contribution in [0.15, 0.2) is 109 Å². The Morgan fingerprint density at radius 3 is 1.30 bits per heavy atom. The molecule has 0 aliphatic carbocycles. The van der Waals surface area contributed by atoms with E-state index in [2.05, 4.69) is 6.58 Å². The van der Waals surface area contributed by atoms with Gasteiger partial charge in [-0.25, -0.2) is 26.3 Å². The molecular formula is C48H34F14O5. The highest BCUT2D eigenvalue weighted by Gasteiger charge is 2.72. The summed E-state index contributed by atoms with van der Waals surface area (Å²) in [5.41, 5.74) is -14.1. The van der Waals surface area contributed by atoms with Crippen LogP contribution in [-0.4, -0.2) is 31.0 Å². The Labute approximate surface area is 372 Å². The summed E-state index contributed by atoms with van der Waals surface area (Å²) in [4.78, 5) is 26.2. The normalized spacial score (nSPS) is 12.7. The van der Waals surface area contributed by atoms with Crippen molar-refractivity contribution in [2.45, 2.75) is 57.3 Å². The maximum absolute atomic E-state index is 15.3. The van der Waals surface area contributed by atoms with E-state index >= 15 is 26.3 Å². The van der Waals surface area contributed by atoms with Gasteiger partial charge in [0.25, 0.3) is 0 Å². The van der Waals surface area contributed by atoms with Gasteiger partial charge in [-0.05, 0) is 103 Å². The molecule has 0 unspecified atom stereocenters. The van der Waals surface area contributed by atoms with Gasteiger partial charge in [-0.15, -0.1) is 0 Å². The van der Waals surface area contributed by atoms with E-state index in [1.54, 1.807) is 6.92 Å². The predicted molar refractivity (Wildman–Crippen MR) is 215 cm³/mol. The molecule has 0 aliphatic rings. The van der Waals surface area contributed by atoms with Crippen LogP contribution in [0.2, 0.25) is 0 Å². The number of hydrogen-bond donors (Lipinski definition) is 0. The number of ketones is 2. The maximum Gasteiger partial charge on any atom is 0.411 e. The molecule has 0 saturated carbocycles. The molecule has 0 radical (unpaired) electrons. The average Bonchev–Trinajstić information content (AvgIpc) is 3.27. The van der Waals surface area contributed by atoms with E-state index in [9.17, 15) is 44.7 Å². The van der Waals surface area contributed by atoms with Crippen LogP contribution in [-0.2, 0) is 15.6 Å². The SMILES string of the molecule is C=C(/C=C\C(=C/C)OC)C(c1ccc(Oc2c(F)c(F)c(C(=O)c3ccc(Oc4ccc(C(=O)c5c(F)c(F)c(C(C)(C)CC)c(F)c5F)cc4)cc3)c(F)c2F)cc1)(C(F)(F)F)C(F)(F)F. The Morgan fingerprint density at radius 1 is 0.567 bits per heavy atom. The molecule has 0 aromatic heterocycles. The minimum absolute atomic E-state index is 0.0517. The van der Waals surface area contributed by atoms with Gasteiger partial charge in [-0.3, -0.25) is 9.59 Å². The minimum Gasteiger partial charge on any atom is -0.497 e. The molecule has 67 heavy (non-hydrogen) atoms. The molecule has 19 heteroatoms. The molecule has 5 nitrogen and oxygen atoms in total. The van der Waals surface area contributed by atoms with Gasteiger partial charge >= 0.3 is 12.4 Å². The van der Waals surface area contributed by atoms with Crippen LogP contribution in [0.5, 0.6) is 23.0 Å². The molecule has 0 heterocycles. The van der Waals surface area contributed by atoms with Gasteiger partial charge in [0, 0.05) is 16.7 Å². The first-order valence-electron chi connectivity index (χ1n) is 19.4. The second kappa shape index (κ2) is 19.1. The molecular weight excluding hydrogens is 922 g/mol. The third kappa shape index (κ3) is 9.40. The molecule has 0 N–H and O–H groups in total. The number of halogens is 14. The summed E-state index contributed by atoms with van der Waals surface area (Å²) in [5.74, 6) is -22.4. The minimum atomic E-state index is -6.07. The molecule has 5 aromatic carbocycles. The quantitative estimate of drug-likeness (QED) is 0.0344. The Bertz CT molecular complexity index is 2720. The van der Waals surface area contributed by atoms with Crippen molar-refractivity contribution in [2.24, 2.45) is 0 Å². The van der Waals surface area contributed by atoms with Crippen LogP contribution in [0.3, 0.4) is 0 Å². The van der Waals surface area contributed by atoms with Crippen LogP contribution >= 0.6 is 0 Å². The average molecular weight is 957 g/mol. The molecule has 5 rings (SSSR count). The number of ether oxygens (including phenoxy) is 3. The summed E-state index contributed by atoms with van der Waals surface area (Å²) in [5, 5.41) is 0. The van der Waals surface area contributed by atoms with Gasteiger partial charge in [0.05, 0.1) is 7.11 Å². The predicted octanol–water partition coefficient (Wildman–Crippen LogP) is 14.6.